The number of hydrogen-bond donors (Lipinski definition) is 1. The normalized spacial score (nSPS) is 11.9. The molecule has 3 rings (SSSR count). The van der Waals surface area contributed by atoms with Crippen LogP contribution in [-0.4, -0.2) is 33.5 Å². The van der Waals surface area contributed by atoms with E-state index in [4.69, 9.17) is 4.74 Å². The molecule has 0 aliphatic heterocycles. The van der Waals surface area contributed by atoms with Crippen molar-refractivity contribution in [1.29, 1.82) is 0 Å². The summed E-state index contributed by atoms with van der Waals surface area (Å²) in [7, 11) is 0. The second kappa shape index (κ2) is 9.12. The van der Waals surface area contributed by atoms with Gasteiger partial charge in [-0.15, -0.1) is 5.10 Å². The fraction of sp³-hybridized carbons (Fsp3) is 0.333. The van der Waals surface area contributed by atoms with Crippen LogP contribution < -0.4 is 5.32 Å². The summed E-state index contributed by atoms with van der Waals surface area (Å²) in [5.41, 5.74) is 2.85. The van der Waals surface area contributed by atoms with Crippen LogP contribution in [0.4, 0.5) is 0 Å². The lowest BCUT2D eigenvalue weighted by Gasteiger charge is -2.18. The number of nitrogens with one attached hydrogen (secondary N) is 1. The Bertz CT molecular complexity index is 953. The molecule has 7 nitrogen and oxygen atoms in total. The van der Waals surface area contributed by atoms with Crippen LogP contribution >= 0.6 is 0 Å². The standard InChI is InChI=1S/C21H24N4O3/c1-3-8-17(15-9-6-5-7-10-15)22-20(26)14-28-21(27)16-11-12-19-18(13-16)23-24-25(19)4-2/h5-7,9-13,17H,3-4,8,14H2,1-2H3,(H,22,26). The number of fused-ring (bicyclic) bond motifs is 1. The minimum Gasteiger partial charge on any atom is -0.452 e. The molecule has 7 heteroatoms. The van der Waals surface area contributed by atoms with E-state index in [0.29, 0.717) is 17.6 Å². The van der Waals surface area contributed by atoms with Gasteiger partial charge in [0, 0.05) is 6.54 Å². The molecule has 0 radical (unpaired) electrons. The number of ether oxygens (including phenoxy) is 1. The van der Waals surface area contributed by atoms with Gasteiger partial charge in [-0.2, -0.15) is 0 Å². The van der Waals surface area contributed by atoms with E-state index < -0.39 is 5.97 Å². The average molecular weight is 380 g/mol. The largest absolute Gasteiger partial charge is 0.452 e. The van der Waals surface area contributed by atoms with Crippen LogP contribution in [0.2, 0.25) is 0 Å². The number of rotatable bonds is 8. The van der Waals surface area contributed by atoms with Crippen molar-refractivity contribution in [2.45, 2.75) is 39.3 Å². The number of carbonyl (C=O) groups is 2. The van der Waals surface area contributed by atoms with Crippen molar-refractivity contribution in [3.63, 3.8) is 0 Å². The van der Waals surface area contributed by atoms with Crippen molar-refractivity contribution in [3.05, 3.63) is 59.7 Å². The highest BCUT2D eigenvalue weighted by Crippen LogP contribution is 2.18. The van der Waals surface area contributed by atoms with Crippen LogP contribution in [0.25, 0.3) is 11.0 Å². The van der Waals surface area contributed by atoms with E-state index in [9.17, 15) is 9.59 Å². The van der Waals surface area contributed by atoms with Gasteiger partial charge in [-0.3, -0.25) is 4.79 Å². The molecule has 1 amide bonds. The number of amides is 1. The highest BCUT2D eigenvalue weighted by molar-refractivity contribution is 5.94. The van der Waals surface area contributed by atoms with Gasteiger partial charge in [-0.1, -0.05) is 48.9 Å². The third kappa shape index (κ3) is 4.54. The van der Waals surface area contributed by atoms with Crippen LogP contribution in [-0.2, 0) is 16.1 Å². The molecule has 0 bridgehead atoms. The van der Waals surface area contributed by atoms with E-state index in [-0.39, 0.29) is 18.6 Å². The maximum absolute atomic E-state index is 12.3. The molecule has 0 saturated carbocycles. The molecule has 1 heterocycles. The number of aryl methyl sites for hydroxylation is 1. The second-order valence-electron chi connectivity index (χ2n) is 6.50. The number of aromatic nitrogens is 3. The van der Waals surface area contributed by atoms with Crippen molar-refractivity contribution >= 4 is 22.9 Å². The predicted octanol–water partition coefficient (Wildman–Crippen LogP) is 3.27. The van der Waals surface area contributed by atoms with E-state index >= 15 is 0 Å². The van der Waals surface area contributed by atoms with Crippen LogP contribution in [0.15, 0.2) is 48.5 Å². The monoisotopic (exact) mass is 380 g/mol. The minimum atomic E-state index is -0.560. The lowest BCUT2D eigenvalue weighted by atomic mass is 10.0. The summed E-state index contributed by atoms with van der Waals surface area (Å²) in [5.74, 6) is -0.886. The molecule has 1 aromatic heterocycles. The lowest BCUT2D eigenvalue weighted by molar-refractivity contribution is -0.125. The molecule has 0 fully saturated rings. The lowest BCUT2D eigenvalue weighted by Crippen LogP contribution is -2.32. The van der Waals surface area contributed by atoms with Crippen molar-refractivity contribution in [3.8, 4) is 0 Å². The van der Waals surface area contributed by atoms with Gasteiger partial charge in [-0.05, 0) is 37.1 Å². The fourth-order valence-electron chi connectivity index (χ4n) is 3.08. The maximum atomic E-state index is 12.3. The van der Waals surface area contributed by atoms with Crippen LogP contribution in [0.5, 0.6) is 0 Å². The highest BCUT2D eigenvalue weighted by Gasteiger charge is 2.16. The molecular weight excluding hydrogens is 356 g/mol. The Hall–Kier alpha value is -3.22. The van der Waals surface area contributed by atoms with E-state index in [0.717, 1.165) is 23.9 Å². The third-order valence-electron chi connectivity index (χ3n) is 4.50. The van der Waals surface area contributed by atoms with Crippen molar-refractivity contribution < 1.29 is 14.3 Å². The molecule has 0 aliphatic carbocycles. The molecule has 2 aromatic carbocycles. The number of nitrogens with zero attached hydrogens (tertiary/aromatic N) is 3. The third-order valence-corrected chi connectivity index (χ3v) is 4.50. The van der Waals surface area contributed by atoms with E-state index in [2.05, 4.69) is 22.6 Å². The minimum absolute atomic E-state index is 0.0992. The maximum Gasteiger partial charge on any atom is 0.338 e. The number of benzene rings is 2. The van der Waals surface area contributed by atoms with Gasteiger partial charge in [0.1, 0.15) is 5.52 Å². The Morgan fingerprint density at radius 3 is 2.64 bits per heavy atom. The van der Waals surface area contributed by atoms with Gasteiger partial charge in [0.05, 0.1) is 17.1 Å². The molecule has 28 heavy (non-hydrogen) atoms. The summed E-state index contributed by atoms with van der Waals surface area (Å²) < 4.78 is 6.93. The van der Waals surface area contributed by atoms with Gasteiger partial charge in [0.2, 0.25) is 0 Å². The average Bonchev–Trinajstić information content (AvgIpc) is 3.14. The Morgan fingerprint density at radius 1 is 1.14 bits per heavy atom. The van der Waals surface area contributed by atoms with E-state index in [1.165, 1.54) is 0 Å². The summed E-state index contributed by atoms with van der Waals surface area (Å²) in [4.78, 5) is 24.6. The van der Waals surface area contributed by atoms with Gasteiger partial charge in [0.15, 0.2) is 6.61 Å². The van der Waals surface area contributed by atoms with Gasteiger partial charge in [-0.25, -0.2) is 9.48 Å². The first-order chi connectivity index (χ1) is 13.6. The van der Waals surface area contributed by atoms with E-state index in [1.54, 1.807) is 22.9 Å². The summed E-state index contributed by atoms with van der Waals surface area (Å²) in [6.45, 7) is 4.40. The van der Waals surface area contributed by atoms with Gasteiger partial charge < -0.3 is 10.1 Å². The molecule has 0 aliphatic rings. The topological polar surface area (TPSA) is 86.1 Å². The Kier molecular flexibility index (Phi) is 6.37. The first-order valence-electron chi connectivity index (χ1n) is 9.47. The van der Waals surface area contributed by atoms with Crippen molar-refractivity contribution in [1.82, 2.24) is 20.3 Å². The van der Waals surface area contributed by atoms with Gasteiger partial charge >= 0.3 is 5.97 Å². The zero-order valence-electron chi connectivity index (χ0n) is 16.1. The molecule has 1 atom stereocenters. The highest BCUT2D eigenvalue weighted by atomic mass is 16.5. The molecular formula is C21H24N4O3. The Morgan fingerprint density at radius 2 is 1.93 bits per heavy atom. The second-order valence-corrected chi connectivity index (χ2v) is 6.50. The zero-order chi connectivity index (χ0) is 19.9. The molecule has 0 saturated heterocycles. The summed E-state index contributed by atoms with van der Waals surface area (Å²) >= 11 is 0. The van der Waals surface area contributed by atoms with Crippen molar-refractivity contribution in [2.24, 2.45) is 0 Å². The first kappa shape index (κ1) is 19.5. The molecule has 0 spiro atoms. The van der Waals surface area contributed by atoms with Crippen molar-refractivity contribution in [2.75, 3.05) is 6.61 Å². The first-order valence-corrected chi connectivity index (χ1v) is 9.47. The number of hydrogen-bond acceptors (Lipinski definition) is 5. The molecule has 3 aromatic rings. The summed E-state index contributed by atoms with van der Waals surface area (Å²) in [5, 5.41) is 11.0. The number of esters is 1. The zero-order valence-corrected chi connectivity index (χ0v) is 16.1. The SMILES string of the molecule is CCCC(NC(=O)COC(=O)c1ccc2c(c1)nnn2CC)c1ccccc1. The van der Waals surface area contributed by atoms with Gasteiger partial charge in [0.25, 0.3) is 5.91 Å². The van der Waals surface area contributed by atoms with Crippen LogP contribution in [0.1, 0.15) is 48.7 Å². The van der Waals surface area contributed by atoms with Crippen LogP contribution in [0.3, 0.4) is 0 Å². The van der Waals surface area contributed by atoms with Crippen LogP contribution in [0, 0.1) is 0 Å². The van der Waals surface area contributed by atoms with E-state index in [1.807, 2.05) is 37.3 Å². The summed E-state index contributed by atoms with van der Waals surface area (Å²) in [6.07, 6.45) is 1.74. The fourth-order valence-corrected chi connectivity index (χ4v) is 3.08. The molecule has 1 N–H and O–H groups in total. The Balaban J connectivity index is 1.59. The summed E-state index contributed by atoms with van der Waals surface area (Å²) in [6, 6.07) is 14.7. The number of carbonyl (C=O) groups excluding carboxylic acids is 2. The Labute approximate surface area is 163 Å². The smallest absolute Gasteiger partial charge is 0.338 e. The predicted molar refractivity (Wildman–Crippen MR) is 106 cm³/mol. The molecule has 1 unspecified atom stereocenters. The quantitative estimate of drug-likeness (QED) is 0.606. The molecule has 146 valence electrons.